The van der Waals surface area contributed by atoms with Crippen LogP contribution in [-0.2, 0) is 9.59 Å². The maximum absolute atomic E-state index is 13.5. The molecule has 37 heavy (non-hydrogen) atoms. The highest BCUT2D eigenvalue weighted by Gasteiger charge is 2.35. The monoisotopic (exact) mass is 508 g/mol. The normalized spacial score (nSPS) is 14.7. The summed E-state index contributed by atoms with van der Waals surface area (Å²) in [6, 6.07) is 24.3. The number of carbonyl (C=O) groups excluding carboxylic acids is 2. The first-order chi connectivity index (χ1) is 17.8. The average molecular weight is 509 g/mol. The second-order valence-electron chi connectivity index (χ2n) is 8.70. The van der Waals surface area contributed by atoms with Crippen LogP contribution in [0.25, 0.3) is 11.8 Å². The molecule has 0 atom stereocenters. The number of amides is 2. The minimum absolute atomic E-state index is 0.0205. The molecule has 3 aromatic carbocycles. The number of hydrogen-bond donors (Lipinski definition) is 1. The van der Waals surface area contributed by atoms with Crippen molar-refractivity contribution in [2.24, 2.45) is 0 Å². The molecule has 0 aliphatic carbocycles. The number of para-hydroxylation sites is 1. The molecule has 7 nitrogen and oxygen atoms in total. The van der Waals surface area contributed by atoms with Crippen LogP contribution in [0.2, 0.25) is 0 Å². The Bertz CT molecular complexity index is 1540. The third-order valence-electron chi connectivity index (χ3n) is 6.09. The van der Waals surface area contributed by atoms with Gasteiger partial charge >= 0.3 is 0 Å². The molecule has 0 radical (unpaired) electrons. The molecule has 1 N–H and O–H groups in total. The number of thiocarbonyl (C=S) groups is 1. The number of anilines is 1. The zero-order chi connectivity index (χ0) is 26.1. The molecular formula is C29H24N4O3S. The molecule has 0 spiro atoms. The van der Waals surface area contributed by atoms with Crippen molar-refractivity contribution in [2.75, 3.05) is 4.90 Å². The summed E-state index contributed by atoms with van der Waals surface area (Å²) < 4.78 is 7.64. The first kappa shape index (κ1) is 24.1. The highest BCUT2D eigenvalue weighted by atomic mass is 32.1. The molecule has 2 amide bonds. The van der Waals surface area contributed by atoms with Crippen molar-refractivity contribution in [3.8, 4) is 17.2 Å². The number of aryl methyl sites for hydroxylation is 2. The van der Waals surface area contributed by atoms with E-state index in [4.69, 9.17) is 17.0 Å². The van der Waals surface area contributed by atoms with Gasteiger partial charge in [-0.05, 0) is 87.6 Å². The summed E-state index contributed by atoms with van der Waals surface area (Å²) in [7, 11) is 0. The van der Waals surface area contributed by atoms with Crippen molar-refractivity contribution in [3.63, 3.8) is 0 Å². The van der Waals surface area contributed by atoms with Crippen molar-refractivity contribution in [3.05, 3.63) is 107 Å². The molecule has 1 aliphatic rings. The first-order valence-corrected chi connectivity index (χ1v) is 12.1. The van der Waals surface area contributed by atoms with Gasteiger partial charge in [-0.1, -0.05) is 35.9 Å². The Balaban J connectivity index is 1.45. The van der Waals surface area contributed by atoms with Crippen molar-refractivity contribution >= 4 is 40.9 Å². The average Bonchev–Trinajstić information content (AvgIpc) is 3.16. The lowest BCUT2D eigenvalue weighted by molar-refractivity contribution is -0.122. The van der Waals surface area contributed by atoms with Crippen LogP contribution in [0, 0.1) is 20.8 Å². The van der Waals surface area contributed by atoms with Gasteiger partial charge in [0.2, 0.25) is 0 Å². The lowest BCUT2D eigenvalue weighted by Gasteiger charge is -2.29. The predicted octanol–water partition coefficient (Wildman–Crippen LogP) is 5.42. The number of aromatic nitrogens is 2. The van der Waals surface area contributed by atoms with E-state index in [1.165, 1.54) is 4.90 Å². The molecular weight excluding hydrogens is 484 g/mol. The summed E-state index contributed by atoms with van der Waals surface area (Å²) in [6.45, 7) is 5.78. The Kier molecular flexibility index (Phi) is 6.42. The first-order valence-electron chi connectivity index (χ1n) is 11.7. The van der Waals surface area contributed by atoms with E-state index in [0.29, 0.717) is 28.4 Å². The van der Waals surface area contributed by atoms with Gasteiger partial charge in [0, 0.05) is 11.3 Å². The van der Waals surface area contributed by atoms with Crippen LogP contribution < -0.4 is 15.0 Å². The van der Waals surface area contributed by atoms with Gasteiger partial charge in [0.15, 0.2) is 5.11 Å². The Labute approximate surface area is 220 Å². The molecule has 1 saturated heterocycles. The van der Waals surface area contributed by atoms with E-state index in [1.54, 1.807) is 35.0 Å². The number of benzene rings is 3. The number of nitrogens with one attached hydrogen (secondary N) is 1. The van der Waals surface area contributed by atoms with E-state index in [2.05, 4.69) is 10.4 Å². The molecule has 4 aromatic rings. The fraction of sp³-hybridized carbons (Fsp3) is 0.103. The predicted molar refractivity (Wildman–Crippen MR) is 147 cm³/mol. The molecule has 1 aromatic heterocycles. The Morgan fingerprint density at radius 1 is 0.838 bits per heavy atom. The van der Waals surface area contributed by atoms with Crippen LogP contribution in [0.3, 0.4) is 0 Å². The number of rotatable bonds is 5. The molecule has 0 bridgehead atoms. The second-order valence-corrected chi connectivity index (χ2v) is 9.09. The molecule has 1 fully saturated rings. The summed E-state index contributed by atoms with van der Waals surface area (Å²) >= 11 is 5.35. The fourth-order valence-electron chi connectivity index (χ4n) is 4.13. The zero-order valence-corrected chi connectivity index (χ0v) is 21.4. The summed E-state index contributed by atoms with van der Waals surface area (Å²) in [5.41, 5.74) is 4.77. The van der Waals surface area contributed by atoms with Gasteiger partial charge in [-0.25, -0.2) is 4.68 Å². The minimum atomic E-state index is -0.544. The second kappa shape index (κ2) is 9.83. The van der Waals surface area contributed by atoms with Gasteiger partial charge in [0.1, 0.15) is 17.1 Å². The Hall–Kier alpha value is -4.56. The summed E-state index contributed by atoms with van der Waals surface area (Å²) in [5, 5.41) is 7.30. The summed E-state index contributed by atoms with van der Waals surface area (Å²) in [4.78, 5) is 27.7. The van der Waals surface area contributed by atoms with Crippen LogP contribution >= 0.6 is 12.2 Å². The van der Waals surface area contributed by atoms with Gasteiger partial charge in [0.25, 0.3) is 11.8 Å². The zero-order valence-electron chi connectivity index (χ0n) is 20.6. The van der Waals surface area contributed by atoms with Crippen molar-refractivity contribution < 1.29 is 14.3 Å². The summed E-state index contributed by atoms with van der Waals surface area (Å²) in [5.74, 6) is 0.263. The Morgan fingerprint density at radius 2 is 1.46 bits per heavy atom. The molecule has 1 aliphatic heterocycles. The van der Waals surface area contributed by atoms with E-state index in [0.717, 1.165) is 16.9 Å². The van der Waals surface area contributed by atoms with Crippen molar-refractivity contribution in [1.29, 1.82) is 0 Å². The molecule has 0 saturated carbocycles. The van der Waals surface area contributed by atoms with Crippen LogP contribution in [0.15, 0.2) is 84.4 Å². The Morgan fingerprint density at radius 3 is 2.14 bits per heavy atom. The third-order valence-corrected chi connectivity index (χ3v) is 6.37. The van der Waals surface area contributed by atoms with Gasteiger partial charge in [-0.15, -0.1) is 0 Å². The number of carbonyl (C=O) groups is 2. The standard InChI is InChI=1S/C29H24N4O3S/c1-18-9-11-22(12-10-18)33-20(3)25(19(2)31-33)17-26-27(34)30-29(37)32(28(26)35)21-13-15-24(16-14-21)36-23-7-5-4-6-8-23/h4-17H,1-3H3,(H,30,34,37)/b26-17-. The molecule has 184 valence electrons. The number of nitrogens with zero attached hydrogens (tertiary/aromatic N) is 3. The lowest BCUT2D eigenvalue weighted by atomic mass is 10.1. The van der Waals surface area contributed by atoms with Gasteiger partial charge in [-0.3, -0.25) is 19.8 Å². The quantitative estimate of drug-likeness (QED) is 0.221. The minimum Gasteiger partial charge on any atom is -0.457 e. The van der Waals surface area contributed by atoms with E-state index >= 15 is 0 Å². The SMILES string of the molecule is Cc1ccc(-n2nc(C)c(/C=C3/C(=O)NC(=S)N(c4ccc(Oc5ccccc5)cc4)C3=O)c2C)cc1. The third kappa shape index (κ3) is 4.79. The van der Waals surface area contributed by atoms with E-state index in [-0.39, 0.29) is 10.7 Å². The fourth-order valence-corrected chi connectivity index (χ4v) is 4.41. The largest absolute Gasteiger partial charge is 0.457 e. The van der Waals surface area contributed by atoms with Crippen LogP contribution in [-0.4, -0.2) is 26.7 Å². The molecule has 8 heteroatoms. The maximum atomic E-state index is 13.5. The molecule has 5 rings (SSSR count). The lowest BCUT2D eigenvalue weighted by Crippen LogP contribution is -2.54. The van der Waals surface area contributed by atoms with Crippen LogP contribution in [0.5, 0.6) is 11.5 Å². The van der Waals surface area contributed by atoms with Crippen molar-refractivity contribution in [1.82, 2.24) is 15.1 Å². The number of ether oxygens (including phenoxy) is 1. The summed E-state index contributed by atoms with van der Waals surface area (Å²) in [6.07, 6.45) is 1.58. The van der Waals surface area contributed by atoms with Gasteiger partial charge in [0.05, 0.1) is 17.1 Å². The highest BCUT2D eigenvalue weighted by molar-refractivity contribution is 7.80. The number of hydrogen-bond acceptors (Lipinski definition) is 5. The molecule has 2 heterocycles. The van der Waals surface area contributed by atoms with Crippen molar-refractivity contribution in [2.45, 2.75) is 20.8 Å². The molecule has 0 unspecified atom stereocenters. The maximum Gasteiger partial charge on any atom is 0.270 e. The van der Waals surface area contributed by atoms with Crippen LogP contribution in [0.1, 0.15) is 22.5 Å². The topological polar surface area (TPSA) is 76.5 Å². The highest BCUT2D eigenvalue weighted by Crippen LogP contribution is 2.28. The smallest absolute Gasteiger partial charge is 0.270 e. The van der Waals surface area contributed by atoms with Gasteiger partial charge in [-0.2, -0.15) is 5.10 Å². The van der Waals surface area contributed by atoms with E-state index < -0.39 is 11.8 Å². The van der Waals surface area contributed by atoms with E-state index in [1.807, 2.05) is 75.4 Å². The van der Waals surface area contributed by atoms with E-state index in [9.17, 15) is 9.59 Å². The van der Waals surface area contributed by atoms with Crippen LogP contribution in [0.4, 0.5) is 5.69 Å². The van der Waals surface area contributed by atoms with Gasteiger partial charge < -0.3 is 4.74 Å².